The van der Waals surface area contributed by atoms with Gasteiger partial charge in [0.15, 0.2) is 0 Å². The fourth-order valence-electron chi connectivity index (χ4n) is 3.54. The molecule has 6 N–H and O–H groups in total. The molecule has 0 aliphatic heterocycles. The molecule has 2 rings (SSSR count). The third kappa shape index (κ3) is 12.9. The van der Waals surface area contributed by atoms with Crippen LogP contribution in [0.25, 0.3) is 0 Å². The quantitative estimate of drug-likeness (QED) is 0.108. The number of carbonyl (C=O) groups is 4. The minimum absolute atomic E-state index is 0.00833. The second-order valence-corrected chi connectivity index (χ2v) is 8.83. The highest BCUT2D eigenvalue weighted by Gasteiger charge is 2.30. The van der Waals surface area contributed by atoms with Gasteiger partial charge in [-0.25, -0.2) is 19.2 Å². The predicted molar refractivity (Wildman–Crippen MR) is 144 cm³/mol. The summed E-state index contributed by atoms with van der Waals surface area (Å²) in [6.07, 6.45) is 0.943. The van der Waals surface area contributed by atoms with Crippen LogP contribution in [0.2, 0.25) is 0 Å². The standard InChI is InChI=1S/C28H38N4O7/c29-17-9-7-15-23(31-27(35)37-19-21-11-3-1-4-12-21)25(33)39-26(34)24(16-8-10-18-30)32-28(36)38-20-22-13-5-2-6-14-22/h1-6,11-14,23-24H,7-10,15-20,29-30H2,(H,31,35)(H,32,36)/t23-,24-/m0/s1. The first-order valence-electron chi connectivity index (χ1n) is 13.0. The Balaban J connectivity index is 1.97. The van der Waals surface area contributed by atoms with E-state index < -0.39 is 36.2 Å². The van der Waals surface area contributed by atoms with Crippen molar-refractivity contribution < 1.29 is 33.4 Å². The zero-order valence-electron chi connectivity index (χ0n) is 22.0. The van der Waals surface area contributed by atoms with Crippen LogP contribution in [-0.4, -0.2) is 49.3 Å². The molecule has 212 valence electrons. The molecule has 0 aliphatic rings. The Morgan fingerprint density at radius 3 is 1.36 bits per heavy atom. The molecule has 0 fully saturated rings. The van der Waals surface area contributed by atoms with E-state index in [1.807, 2.05) is 36.4 Å². The topological polar surface area (TPSA) is 172 Å². The van der Waals surface area contributed by atoms with Gasteiger partial charge in [0.1, 0.15) is 25.3 Å². The summed E-state index contributed by atoms with van der Waals surface area (Å²) in [6, 6.07) is 15.8. The minimum Gasteiger partial charge on any atom is -0.445 e. The van der Waals surface area contributed by atoms with E-state index in [2.05, 4.69) is 10.6 Å². The van der Waals surface area contributed by atoms with Crippen LogP contribution in [0.3, 0.4) is 0 Å². The number of benzene rings is 2. The molecule has 11 nitrogen and oxygen atoms in total. The van der Waals surface area contributed by atoms with Gasteiger partial charge in [-0.3, -0.25) is 0 Å². The highest BCUT2D eigenvalue weighted by Crippen LogP contribution is 2.09. The van der Waals surface area contributed by atoms with Crippen molar-refractivity contribution in [3.8, 4) is 0 Å². The lowest BCUT2D eigenvalue weighted by Crippen LogP contribution is -2.47. The fraction of sp³-hybridized carbons (Fsp3) is 0.429. The average Bonchev–Trinajstić information content (AvgIpc) is 2.95. The number of alkyl carbamates (subject to hydrolysis) is 2. The van der Waals surface area contributed by atoms with Gasteiger partial charge in [-0.1, -0.05) is 60.7 Å². The second-order valence-electron chi connectivity index (χ2n) is 8.83. The van der Waals surface area contributed by atoms with E-state index >= 15 is 0 Å². The SMILES string of the molecule is NCCCC[C@H](NC(=O)OCc1ccccc1)C(=O)OC(=O)[C@H](CCCCN)NC(=O)OCc1ccccc1. The Labute approximate surface area is 228 Å². The van der Waals surface area contributed by atoms with Gasteiger partial charge in [-0.05, 0) is 62.7 Å². The van der Waals surface area contributed by atoms with Crippen LogP contribution >= 0.6 is 0 Å². The lowest BCUT2D eigenvalue weighted by Gasteiger charge is -2.20. The molecule has 11 heteroatoms. The third-order valence-electron chi connectivity index (χ3n) is 5.67. The zero-order valence-corrected chi connectivity index (χ0v) is 22.0. The molecule has 2 amide bonds. The molecule has 2 atom stereocenters. The first kappa shape index (κ1) is 31.3. The first-order chi connectivity index (χ1) is 18.9. The molecule has 0 radical (unpaired) electrons. The highest BCUT2D eigenvalue weighted by molar-refractivity contribution is 5.93. The maximum Gasteiger partial charge on any atom is 0.408 e. The molecule has 2 aromatic rings. The summed E-state index contributed by atoms with van der Waals surface area (Å²) in [5.41, 5.74) is 12.6. The molecule has 0 unspecified atom stereocenters. The fourth-order valence-corrected chi connectivity index (χ4v) is 3.54. The van der Waals surface area contributed by atoms with E-state index in [1.165, 1.54) is 0 Å². The third-order valence-corrected chi connectivity index (χ3v) is 5.67. The van der Waals surface area contributed by atoms with E-state index in [0.29, 0.717) is 38.8 Å². The maximum absolute atomic E-state index is 12.9. The monoisotopic (exact) mass is 542 g/mol. The Hall–Kier alpha value is -3.96. The molecule has 0 spiro atoms. The second kappa shape index (κ2) is 18.3. The van der Waals surface area contributed by atoms with Gasteiger partial charge in [0.2, 0.25) is 0 Å². The first-order valence-corrected chi connectivity index (χ1v) is 13.0. The number of esters is 2. The lowest BCUT2D eigenvalue weighted by atomic mass is 10.1. The van der Waals surface area contributed by atoms with Crippen LogP contribution in [-0.2, 0) is 37.0 Å². The minimum atomic E-state index is -1.14. The van der Waals surface area contributed by atoms with Crippen molar-refractivity contribution in [1.29, 1.82) is 0 Å². The molecular formula is C28H38N4O7. The summed E-state index contributed by atoms with van der Waals surface area (Å²) in [6.45, 7) is 0.817. The van der Waals surface area contributed by atoms with E-state index in [-0.39, 0.29) is 26.1 Å². The van der Waals surface area contributed by atoms with Crippen LogP contribution < -0.4 is 22.1 Å². The summed E-state index contributed by atoms with van der Waals surface area (Å²) in [5, 5.41) is 4.93. The molecule has 0 aliphatic carbocycles. The predicted octanol–water partition coefficient (Wildman–Crippen LogP) is 2.90. The van der Waals surface area contributed by atoms with Gasteiger partial charge in [0, 0.05) is 0 Å². The summed E-state index contributed by atoms with van der Waals surface area (Å²) in [7, 11) is 0. The van der Waals surface area contributed by atoms with E-state index in [4.69, 9.17) is 25.7 Å². The molecular weight excluding hydrogens is 504 g/mol. The molecule has 2 aromatic carbocycles. The van der Waals surface area contributed by atoms with Crippen LogP contribution in [0.4, 0.5) is 9.59 Å². The molecule has 0 aromatic heterocycles. The summed E-state index contributed by atoms with van der Waals surface area (Å²) >= 11 is 0. The normalized spacial score (nSPS) is 12.1. The summed E-state index contributed by atoms with van der Waals surface area (Å²) in [4.78, 5) is 50.5. The van der Waals surface area contributed by atoms with Crippen molar-refractivity contribution in [2.24, 2.45) is 11.5 Å². The van der Waals surface area contributed by atoms with Crippen LogP contribution in [0.15, 0.2) is 60.7 Å². The van der Waals surface area contributed by atoms with Gasteiger partial charge in [0.25, 0.3) is 0 Å². The van der Waals surface area contributed by atoms with Crippen molar-refractivity contribution in [1.82, 2.24) is 10.6 Å². The van der Waals surface area contributed by atoms with Crippen molar-refractivity contribution in [3.05, 3.63) is 71.8 Å². The molecule has 0 saturated carbocycles. The van der Waals surface area contributed by atoms with Crippen molar-refractivity contribution in [2.45, 2.75) is 63.8 Å². The number of ether oxygens (including phenoxy) is 3. The van der Waals surface area contributed by atoms with E-state index in [1.54, 1.807) is 24.3 Å². The van der Waals surface area contributed by atoms with Gasteiger partial charge >= 0.3 is 24.1 Å². The van der Waals surface area contributed by atoms with Gasteiger partial charge < -0.3 is 36.3 Å². The van der Waals surface area contributed by atoms with Crippen LogP contribution in [0, 0.1) is 0 Å². The smallest absolute Gasteiger partial charge is 0.408 e. The van der Waals surface area contributed by atoms with E-state index in [0.717, 1.165) is 11.1 Å². The number of unbranched alkanes of at least 4 members (excludes halogenated alkanes) is 2. The van der Waals surface area contributed by atoms with Crippen LogP contribution in [0.1, 0.15) is 49.7 Å². The number of rotatable bonds is 16. The molecule has 0 heterocycles. The zero-order chi connectivity index (χ0) is 28.3. The van der Waals surface area contributed by atoms with Gasteiger partial charge in [-0.15, -0.1) is 0 Å². The Morgan fingerprint density at radius 1 is 0.615 bits per heavy atom. The van der Waals surface area contributed by atoms with E-state index in [9.17, 15) is 19.2 Å². The van der Waals surface area contributed by atoms with Gasteiger partial charge in [0.05, 0.1) is 0 Å². The number of hydrogen-bond donors (Lipinski definition) is 4. The number of carbonyl (C=O) groups excluding carboxylic acids is 4. The van der Waals surface area contributed by atoms with Crippen molar-refractivity contribution in [3.63, 3.8) is 0 Å². The van der Waals surface area contributed by atoms with Crippen LogP contribution in [0.5, 0.6) is 0 Å². The number of hydrogen-bond acceptors (Lipinski definition) is 9. The Bertz CT molecular complexity index is 940. The molecule has 0 saturated heterocycles. The molecule has 0 bridgehead atoms. The number of nitrogens with two attached hydrogens (primary N) is 2. The Kier molecular flexibility index (Phi) is 14.7. The Morgan fingerprint density at radius 2 is 1.00 bits per heavy atom. The van der Waals surface area contributed by atoms with Gasteiger partial charge in [-0.2, -0.15) is 0 Å². The van der Waals surface area contributed by atoms with Crippen molar-refractivity contribution >= 4 is 24.1 Å². The average molecular weight is 543 g/mol. The number of nitrogens with one attached hydrogen (secondary N) is 2. The maximum atomic E-state index is 12.9. The summed E-state index contributed by atoms with van der Waals surface area (Å²) < 4.78 is 15.5. The molecule has 39 heavy (non-hydrogen) atoms. The number of amides is 2. The van der Waals surface area contributed by atoms with Crippen molar-refractivity contribution in [2.75, 3.05) is 13.1 Å². The summed E-state index contributed by atoms with van der Waals surface area (Å²) in [5.74, 6) is -1.92. The largest absolute Gasteiger partial charge is 0.445 e. The highest BCUT2D eigenvalue weighted by atomic mass is 16.6. The lowest BCUT2D eigenvalue weighted by molar-refractivity contribution is -0.162.